The van der Waals surface area contributed by atoms with E-state index in [0.29, 0.717) is 6.79 Å². The van der Waals surface area contributed by atoms with Crippen molar-refractivity contribution in [1.82, 2.24) is 14.7 Å². The van der Waals surface area contributed by atoms with E-state index in [0.717, 1.165) is 56.4 Å². The van der Waals surface area contributed by atoms with E-state index in [4.69, 9.17) is 14.2 Å². The Balaban J connectivity index is 1.11. The lowest BCUT2D eigenvalue weighted by Crippen LogP contribution is -2.56. The molecule has 4 heterocycles. The molecular weight excluding hydrogens is 354 g/mol. The summed E-state index contributed by atoms with van der Waals surface area (Å²) in [5.41, 5.74) is 1.32. The van der Waals surface area contributed by atoms with Crippen LogP contribution in [0.1, 0.15) is 31.2 Å². The summed E-state index contributed by atoms with van der Waals surface area (Å²) in [5.74, 6) is 1.77. The SMILES string of the molecule is c1cc2c(cc1CN1CCN([C@@H]3CCCN(C4CCOCC4)C3)CC1)OCO2. The highest BCUT2D eigenvalue weighted by atomic mass is 16.7. The van der Waals surface area contributed by atoms with Crippen LogP contribution in [-0.2, 0) is 11.3 Å². The molecule has 6 heteroatoms. The van der Waals surface area contributed by atoms with Crippen LogP contribution in [0.5, 0.6) is 11.5 Å². The Morgan fingerprint density at radius 2 is 1.64 bits per heavy atom. The zero-order valence-electron chi connectivity index (χ0n) is 16.9. The Morgan fingerprint density at radius 3 is 2.50 bits per heavy atom. The molecule has 28 heavy (non-hydrogen) atoms. The van der Waals surface area contributed by atoms with Crippen LogP contribution in [0.25, 0.3) is 0 Å². The molecule has 0 saturated carbocycles. The normalized spacial score (nSPS) is 27.9. The van der Waals surface area contributed by atoms with E-state index in [9.17, 15) is 0 Å². The van der Waals surface area contributed by atoms with Crippen LogP contribution in [0.4, 0.5) is 0 Å². The largest absolute Gasteiger partial charge is 0.454 e. The van der Waals surface area contributed by atoms with Gasteiger partial charge in [-0.05, 0) is 49.9 Å². The number of fused-ring (bicyclic) bond motifs is 1. The van der Waals surface area contributed by atoms with E-state index in [-0.39, 0.29) is 0 Å². The first kappa shape index (κ1) is 18.7. The Kier molecular flexibility index (Phi) is 5.72. The van der Waals surface area contributed by atoms with Gasteiger partial charge < -0.3 is 14.2 Å². The van der Waals surface area contributed by atoms with Crippen molar-refractivity contribution in [2.45, 2.75) is 44.3 Å². The van der Waals surface area contributed by atoms with Crippen molar-refractivity contribution < 1.29 is 14.2 Å². The summed E-state index contributed by atoms with van der Waals surface area (Å²) < 4.78 is 16.5. The molecule has 0 aliphatic carbocycles. The second-order valence-electron chi connectivity index (χ2n) is 8.63. The maximum Gasteiger partial charge on any atom is 0.231 e. The predicted octanol–water partition coefficient (Wildman–Crippen LogP) is 2.18. The minimum Gasteiger partial charge on any atom is -0.454 e. The number of nitrogens with zero attached hydrogens (tertiary/aromatic N) is 3. The molecule has 3 saturated heterocycles. The molecule has 154 valence electrons. The number of ether oxygens (including phenoxy) is 3. The zero-order chi connectivity index (χ0) is 18.8. The Morgan fingerprint density at radius 1 is 0.821 bits per heavy atom. The molecule has 3 fully saturated rings. The number of piperazine rings is 1. The van der Waals surface area contributed by atoms with Crippen LogP contribution in [0.15, 0.2) is 18.2 Å². The molecule has 4 aliphatic heterocycles. The maximum atomic E-state index is 5.56. The molecule has 4 aliphatic rings. The first-order valence-electron chi connectivity index (χ1n) is 11.0. The summed E-state index contributed by atoms with van der Waals surface area (Å²) in [4.78, 5) is 8.09. The van der Waals surface area contributed by atoms with Crippen molar-refractivity contribution in [3.63, 3.8) is 0 Å². The van der Waals surface area contributed by atoms with Gasteiger partial charge >= 0.3 is 0 Å². The molecule has 1 aromatic carbocycles. The molecule has 0 unspecified atom stereocenters. The van der Waals surface area contributed by atoms with Gasteiger partial charge in [0.15, 0.2) is 11.5 Å². The molecule has 0 spiro atoms. The van der Waals surface area contributed by atoms with Gasteiger partial charge in [0, 0.05) is 64.6 Å². The van der Waals surface area contributed by atoms with Crippen molar-refractivity contribution in [3.8, 4) is 11.5 Å². The van der Waals surface area contributed by atoms with E-state index in [1.807, 2.05) is 6.07 Å². The van der Waals surface area contributed by atoms with Gasteiger partial charge in [0.05, 0.1) is 0 Å². The van der Waals surface area contributed by atoms with Crippen molar-refractivity contribution in [2.75, 3.05) is 59.3 Å². The topological polar surface area (TPSA) is 37.4 Å². The summed E-state index contributed by atoms with van der Waals surface area (Å²) >= 11 is 0. The smallest absolute Gasteiger partial charge is 0.231 e. The van der Waals surface area contributed by atoms with Crippen LogP contribution < -0.4 is 9.47 Å². The molecule has 0 radical (unpaired) electrons. The fraction of sp³-hybridized carbons (Fsp3) is 0.727. The van der Waals surface area contributed by atoms with E-state index in [2.05, 4.69) is 26.8 Å². The number of benzene rings is 1. The highest BCUT2D eigenvalue weighted by Crippen LogP contribution is 2.33. The highest BCUT2D eigenvalue weighted by Gasteiger charge is 2.31. The van der Waals surface area contributed by atoms with Crippen molar-refractivity contribution in [3.05, 3.63) is 23.8 Å². The van der Waals surface area contributed by atoms with E-state index in [1.165, 1.54) is 57.4 Å². The molecule has 1 atom stereocenters. The van der Waals surface area contributed by atoms with Gasteiger partial charge in [-0.15, -0.1) is 0 Å². The summed E-state index contributed by atoms with van der Waals surface area (Å²) in [7, 11) is 0. The van der Waals surface area contributed by atoms with Crippen LogP contribution in [-0.4, -0.2) is 86.1 Å². The summed E-state index contributed by atoms with van der Waals surface area (Å²) in [6.45, 7) is 10.5. The number of hydrogen-bond donors (Lipinski definition) is 0. The molecule has 6 nitrogen and oxygen atoms in total. The third kappa shape index (κ3) is 4.15. The second kappa shape index (κ2) is 8.57. The lowest BCUT2D eigenvalue weighted by Gasteiger charge is -2.46. The monoisotopic (exact) mass is 387 g/mol. The summed E-state index contributed by atoms with van der Waals surface area (Å²) in [6, 6.07) is 7.85. The standard InChI is InChI=1S/C22H33N3O3/c1-2-20(16-25(7-1)19-5-12-26-13-6-19)24-10-8-23(9-11-24)15-18-3-4-21-22(14-18)28-17-27-21/h3-4,14,19-20H,1-2,5-13,15-17H2/t20-/m1/s1. The van der Waals surface area contributed by atoms with Crippen LogP contribution >= 0.6 is 0 Å². The fourth-order valence-electron chi connectivity index (χ4n) is 5.25. The number of piperidine rings is 1. The molecule has 0 aromatic heterocycles. The molecular formula is C22H33N3O3. The summed E-state index contributed by atoms with van der Waals surface area (Å²) in [6.07, 6.45) is 5.15. The number of likely N-dealkylation sites (tertiary alicyclic amines) is 1. The molecule has 0 amide bonds. The van der Waals surface area contributed by atoms with Gasteiger partial charge in [0.2, 0.25) is 6.79 Å². The predicted molar refractivity (Wildman–Crippen MR) is 108 cm³/mol. The quantitative estimate of drug-likeness (QED) is 0.788. The second-order valence-corrected chi connectivity index (χ2v) is 8.63. The Labute approximate surface area is 168 Å². The fourth-order valence-corrected chi connectivity index (χ4v) is 5.25. The van der Waals surface area contributed by atoms with Gasteiger partial charge in [0.25, 0.3) is 0 Å². The average Bonchev–Trinajstić information content (AvgIpc) is 3.23. The first-order chi connectivity index (χ1) is 13.8. The van der Waals surface area contributed by atoms with E-state index < -0.39 is 0 Å². The van der Waals surface area contributed by atoms with Crippen molar-refractivity contribution in [1.29, 1.82) is 0 Å². The van der Waals surface area contributed by atoms with Gasteiger partial charge in [0.1, 0.15) is 0 Å². The number of hydrogen-bond acceptors (Lipinski definition) is 6. The molecule has 5 rings (SSSR count). The van der Waals surface area contributed by atoms with Crippen LogP contribution in [0.2, 0.25) is 0 Å². The minimum absolute atomic E-state index is 0.351. The highest BCUT2D eigenvalue weighted by molar-refractivity contribution is 5.44. The van der Waals surface area contributed by atoms with E-state index >= 15 is 0 Å². The molecule has 1 aromatic rings. The minimum atomic E-state index is 0.351. The van der Waals surface area contributed by atoms with Crippen LogP contribution in [0, 0.1) is 0 Å². The van der Waals surface area contributed by atoms with Gasteiger partial charge in [-0.2, -0.15) is 0 Å². The number of rotatable bonds is 4. The van der Waals surface area contributed by atoms with Crippen molar-refractivity contribution >= 4 is 0 Å². The Bertz CT molecular complexity index is 656. The summed E-state index contributed by atoms with van der Waals surface area (Å²) in [5, 5.41) is 0. The molecule has 0 N–H and O–H groups in total. The van der Waals surface area contributed by atoms with Crippen LogP contribution in [0.3, 0.4) is 0 Å². The molecule has 0 bridgehead atoms. The average molecular weight is 388 g/mol. The van der Waals surface area contributed by atoms with Gasteiger partial charge in [-0.3, -0.25) is 14.7 Å². The van der Waals surface area contributed by atoms with Gasteiger partial charge in [-0.25, -0.2) is 0 Å². The maximum absolute atomic E-state index is 5.56. The third-order valence-electron chi connectivity index (χ3n) is 6.90. The first-order valence-corrected chi connectivity index (χ1v) is 11.0. The zero-order valence-corrected chi connectivity index (χ0v) is 16.9. The third-order valence-corrected chi connectivity index (χ3v) is 6.90. The Hall–Kier alpha value is -1.34. The van der Waals surface area contributed by atoms with Crippen molar-refractivity contribution in [2.24, 2.45) is 0 Å². The van der Waals surface area contributed by atoms with E-state index in [1.54, 1.807) is 0 Å². The lowest BCUT2D eigenvalue weighted by molar-refractivity contribution is -0.00257. The van der Waals surface area contributed by atoms with Gasteiger partial charge in [-0.1, -0.05) is 6.07 Å². The lowest BCUT2D eigenvalue weighted by atomic mass is 9.98.